The van der Waals surface area contributed by atoms with Crippen molar-refractivity contribution in [3.8, 4) is 6.07 Å². The highest BCUT2D eigenvalue weighted by molar-refractivity contribution is 5.03. The summed E-state index contributed by atoms with van der Waals surface area (Å²) in [5.74, 6) is 0. The fraction of sp³-hybridized carbons (Fsp3) is 0.909. The van der Waals surface area contributed by atoms with Crippen LogP contribution in [0.3, 0.4) is 0 Å². The molecule has 0 amide bonds. The molecule has 0 fully saturated rings. The molecular formula is C11H19F3N2O. The molecule has 0 bridgehead atoms. The molecule has 0 saturated carbocycles. The maximum Gasteiger partial charge on any atom is 0.414 e. The van der Waals surface area contributed by atoms with Crippen LogP contribution >= 0.6 is 0 Å². The average Bonchev–Trinajstić information content (AvgIpc) is 2.23. The second kappa shape index (κ2) is 6.82. The van der Waals surface area contributed by atoms with Crippen molar-refractivity contribution in [1.29, 1.82) is 5.26 Å². The molecular weight excluding hydrogens is 233 g/mol. The molecule has 1 N–H and O–H groups in total. The van der Waals surface area contributed by atoms with Crippen LogP contribution in [0.1, 0.15) is 33.6 Å². The molecule has 3 nitrogen and oxygen atoms in total. The van der Waals surface area contributed by atoms with Gasteiger partial charge in [0.25, 0.3) is 0 Å². The first-order valence-corrected chi connectivity index (χ1v) is 5.60. The Bertz CT molecular complexity index is 262. The highest BCUT2D eigenvalue weighted by Crippen LogP contribution is 2.22. The van der Waals surface area contributed by atoms with Crippen LogP contribution in [0, 0.1) is 11.3 Å². The van der Waals surface area contributed by atoms with E-state index in [0.717, 1.165) is 6.92 Å². The average molecular weight is 252 g/mol. The Kier molecular flexibility index (Phi) is 6.50. The fourth-order valence-electron chi connectivity index (χ4n) is 1.35. The van der Waals surface area contributed by atoms with Gasteiger partial charge >= 0.3 is 6.18 Å². The first-order valence-electron chi connectivity index (χ1n) is 5.60. The van der Waals surface area contributed by atoms with E-state index in [2.05, 4.69) is 16.1 Å². The first kappa shape index (κ1) is 16.2. The summed E-state index contributed by atoms with van der Waals surface area (Å²) in [6.45, 7) is 5.22. The Hall–Kier alpha value is -0.800. The lowest BCUT2D eigenvalue weighted by Crippen LogP contribution is -2.41. The zero-order chi connectivity index (χ0) is 13.5. The fourth-order valence-corrected chi connectivity index (χ4v) is 1.35. The van der Waals surface area contributed by atoms with E-state index < -0.39 is 17.8 Å². The van der Waals surface area contributed by atoms with E-state index in [9.17, 15) is 13.2 Å². The zero-order valence-corrected chi connectivity index (χ0v) is 10.4. The highest BCUT2D eigenvalue weighted by Gasteiger charge is 2.36. The number of hydrogen-bond acceptors (Lipinski definition) is 3. The van der Waals surface area contributed by atoms with Crippen LogP contribution in [0.15, 0.2) is 0 Å². The molecule has 0 heterocycles. The standard InChI is InChI=1S/C11H19F3N2O/c1-4-16-10(3,8-15)6-5-7-17-9(2)11(12,13)14/h9,16H,4-7H2,1-3H3. The second-order valence-corrected chi connectivity index (χ2v) is 4.13. The van der Waals surface area contributed by atoms with Crippen LogP contribution in [0.5, 0.6) is 0 Å². The lowest BCUT2D eigenvalue weighted by atomic mass is 9.98. The predicted molar refractivity (Wildman–Crippen MR) is 58.4 cm³/mol. The molecule has 0 aliphatic carbocycles. The van der Waals surface area contributed by atoms with Gasteiger partial charge in [0.1, 0.15) is 5.54 Å². The van der Waals surface area contributed by atoms with Crippen molar-refractivity contribution < 1.29 is 17.9 Å². The summed E-state index contributed by atoms with van der Waals surface area (Å²) in [5.41, 5.74) is -0.695. The predicted octanol–water partition coefficient (Wildman–Crippen LogP) is 2.63. The van der Waals surface area contributed by atoms with Crippen molar-refractivity contribution in [2.45, 2.75) is 51.4 Å². The van der Waals surface area contributed by atoms with Gasteiger partial charge in [-0.1, -0.05) is 6.92 Å². The van der Waals surface area contributed by atoms with Gasteiger partial charge in [0, 0.05) is 6.61 Å². The van der Waals surface area contributed by atoms with E-state index in [4.69, 9.17) is 5.26 Å². The summed E-state index contributed by atoms with van der Waals surface area (Å²) in [4.78, 5) is 0. The summed E-state index contributed by atoms with van der Waals surface area (Å²) in [5, 5.41) is 11.9. The maximum absolute atomic E-state index is 12.1. The molecule has 0 spiro atoms. The van der Waals surface area contributed by atoms with Gasteiger partial charge in [-0.25, -0.2) is 0 Å². The minimum Gasteiger partial charge on any atom is -0.369 e. The van der Waals surface area contributed by atoms with Gasteiger partial charge in [0.15, 0.2) is 6.10 Å². The van der Waals surface area contributed by atoms with Crippen molar-refractivity contribution in [2.75, 3.05) is 13.2 Å². The van der Waals surface area contributed by atoms with Crippen molar-refractivity contribution in [2.24, 2.45) is 0 Å². The molecule has 0 saturated heterocycles. The Morgan fingerprint density at radius 3 is 2.41 bits per heavy atom. The highest BCUT2D eigenvalue weighted by atomic mass is 19.4. The van der Waals surface area contributed by atoms with Crippen LogP contribution in [0.25, 0.3) is 0 Å². The summed E-state index contributed by atoms with van der Waals surface area (Å²) in [7, 11) is 0. The number of nitrogens with zero attached hydrogens (tertiary/aromatic N) is 1. The minimum atomic E-state index is -4.32. The van der Waals surface area contributed by atoms with Crippen LogP contribution in [0.4, 0.5) is 13.2 Å². The van der Waals surface area contributed by atoms with E-state index in [-0.39, 0.29) is 6.61 Å². The number of halogens is 3. The zero-order valence-electron chi connectivity index (χ0n) is 10.4. The van der Waals surface area contributed by atoms with Crippen molar-refractivity contribution >= 4 is 0 Å². The molecule has 2 unspecified atom stereocenters. The lowest BCUT2D eigenvalue weighted by molar-refractivity contribution is -0.214. The number of alkyl halides is 3. The van der Waals surface area contributed by atoms with Gasteiger partial charge in [-0.3, -0.25) is 5.32 Å². The van der Waals surface area contributed by atoms with Crippen molar-refractivity contribution in [3.05, 3.63) is 0 Å². The molecule has 0 aromatic rings. The quantitative estimate of drug-likeness (QED) is 0.708. The SMILES string of the molecule is CCNC(C)(C#N)CCCOC(C)C(F)(F)F. The molecule has 0 aromatic carbocycles. The third-order valence-electron chi connectivity index (χ3n) is 2.46. The molecule has 0 aromatic heterocycles. The van der Waals surface area contributed by atoms with Crippen molar-refractivity contribution in [1.82, 2.24) is 5.32 Å². The summed E-state index contributed by atoms with van der Waals surface area (Å²) in [6, 6.07) is 2.11. The summed E-state index contributed by atoms with van der Waals surface area (Å²) >= 11 is 0. The second-order valence-electron chi connectivity index (χ2n) is 4.13. The van der Waals surface area contributed by atoms with Gasteiger partial charge in [-0.2, -0.15) is 18.4 Å². The van der Waals surface area contributed by atoms with E-state index in [0.29, 0.717) is 19.4 Å². The number of nitriles is 1. The van der Waals surface area contributed by atoms with Gasteiger partial charge in [-0.15, -0.1) is 0 Å². The monoisotopic (exact) mass is 252 g/mol. The van der Waals surface area contributed by atoms with Gasteiger partial charge in [0.2, 0.25) is 0 Å². The molecule has 0 rings (SSSR count). The Balaban J connectivity index is 3.89. The van der Waals surface area contributed by atoms with Crippen LogP contribution in [-0.4, -0.2) is 31.0 Å². The molecule has 2 atom stereocenters. The Morgan fingerprint density at radius 1 is 1.41 bits per heavy atom. The largest absolute Gasteiger partial charge is 0.414 e. The molecule has 100 valence electrons. The van der Waals surface area contributed by atoms with Crippen molar-refractivity contribution in [3.63, 3.8) is 0 Å². The summed E-state index contributed by atoms with van der Waals surface area (Å²) < 4.78 is 41.0. The summed E-state index contributed by atoms with van der Waals surface area (Å²) in [6.07, 6.45) is -5.20. The van der Waals surface area contributed by atoms with Crippen LogP contribution in [-0.2, 0) is 4.74 Å². The number of hydrogen-bond donors (Lipinski definition) is 1. The topological polar surface area (TPSA) is 45.0 Å². The van der Waals surface area contributed by atoms with Crippen LogP contribution in [0.2, 0.25) is 0 Å². The Morgan fingerprint density at radius 2 is 2.00 bits per heavy atom. The third-order valence-corrected chi connectivity index (χ3v) is 2.46. The third kappa shape index (κ3) is 6.49. The molecule has 0 aliphatic rings. The smallest absolute Gasteiger partial charge is 0.369 e. The van der Waals surface area contributed by atoms with E-state index >= 15 is 0 Å². The van der Waals surface area contributed by atoms with E-state index in [1.807, 2.05) is 6.92 Å². The number of nitrogens with one attached hydrogen (secondary N) is 1. The maximum atomic E-state index is 12.1. The van der Waals surface area contributed by atoms with E-state index in [1.54, 1.807) is 6.92 Å². The van der Waals surface area contributed by atoms with E-state index in [1.165, 1.54) is 0 Å². The normalized spacial score (nSPS) is 17.2. The first-order chi connectivity index (χ1) is 7.75. The van der Waals surface area contributed by atoms with Gasteiger partial charge in [0.05, 0.1) is 6.07 Å². The molecule has 17 heavy (non-hydrogen) atoms. The van der Waals surface area contributed by atoms with Gasteiger partial charge in [-0.05, 0) is 33.2 Å². The van der Waals surface area contributed by atoms with Crippen LogP contribution < -0.4 is 5.32 Å². The Labute approximate surface area is 99.9 Å². The molecule has 6 heteroatoms. The lowest BCUT2D eigenvalue weighted by Gasteiger charge is -2.23. The number of rotatable bonds is 7. The number of ether oxygens (including phenoxy) is 1. The molecule has 0 radical (unpaired) electrons. The minimum absolute atomic E-state index is 0.00331. The van der Waals surface area contributed by atoms with Gasteiger partial charge < -0.3 is 4.74 Å². The molecule has 0 aliphatic heterocycles.